The van der Waals surface area contributed by atoms with Gasteiger partial charge in [0.25, 0.3) is 11.8 Å². The third-order valence-corrected chi connectivity index (χ3v) is 6.67. The number of hydrogen-bond acceptors (Lipinski definition) is 6. The normalized spacial score (nSPS) is 15.9. The summed E-state index contributed by atoms with van der Waals surface area (Å²) in [7, 11) is 3.96. The molecule has 2 amide bonds. The highest BCUT2D eigenvalue weighted by atomic mass is 35.5. The molecule has 4 heterocycles. The second-order valence-corrected chi connectivity index (χ2v) is 9.48. The van der Waals surface area contributed by atoms with Gasteiger partial charge in [-0.1, -0.05) is 11.6 Å². The van der Waals surface area contributed by atoms with Gasteiger partial charge >= 0.3 is 0 Å². The number of carbonyl (C=O) groups is 2. The fourth-order valence-electron chi connectivity index (χ4n) is 4.45. The van der Waals surface area contributed by atoms with Crippen LogP contribution in [0.15, 0.2) is 24.5 Å². The molecule has 9 nitrogen and oxygen atoms in total. The van der Waals surface area contributed by atoms with Crippen molar-refractivity contribution in [3.63, 3.8) is 0 Å². The standard InChI is InChI=1S/C25H25ClFN7O2/c1-13-19(31-18-6-7-34(9-8-33(2)3)25(36)20(13)18)11-15-21-22(28-12-29-23(21)32-24(15)35)30-14-4-5-17(27)16(26)10-14/h4-5,10-12,31H,6-9H2,1-3H3,(H2,28,29,30,32,35)/b15-11-. The number of aromatic amines is 1. The summed E-state index contributed by atoms with van der Waals surface area (Å²) in [5, 5.41) is 5.82. The van der Waals surface area contributed by atoms with Crippen molar-refractivity contribution >= 4 is 52.4 Å². The van der Waals surface area contributed by atoms with Crippen LogP contribution in [0.3, 0.4) is 0 Å². The summed E-state index contributed by atoms with van der Waals surface area (Å²) >= 11 is 5.92. The summed E-state index contributed by atoms with van der Waals surface area (Å²) in [6, 6.07) is 4.22. The first kappa shape index (κ1) is 24.0. The molecule has 11 heteroatoms. The minimum atomic E-state index is -0.534. The molecule has 0 saturated carbocycles. The summed E-state index contributed by atoms with van der Waals surface area (Å²) in [6.07, 6.45) is 3.76. The Hall–Kier alpha value is -3.76. The second kappa shape index (κ2) is 9.36. The average molecular weight is 510 g/mol. The van der Waals surface area contributed by atoms with Gasteiger partial charge < -0.3 is 25.4 Å². The molecule has 3 aromatic rings. The van der Waals surface area contributed by atoms with Gasteiger partial charge in [0.1, 0.15) is 23.8 Å². The number of benzene rings is 1. The number of H-pyrrole nitrogens is 1. The van der Waals surface area contributed by atoms with Crippen molar-refractivity contribution in [2.24, 2.45) is 0 Å². The van der Waals surface area contributed by atoms with Gasteiger partial charge in [0.15, 0.2) is 0 Å². The highest BCUT2D eigenvalue weighted by Gasteiger charge is 2.32. The van der Waals surface area contributed by atoms with E-state index in [0.717, 1.165) is 17.8 Å². The van der Waals surface area contributed by atoms with E-state index in [4.69, 9.17) is 11.6 Å². The molecular formula is C25H25ClFN7O2. The van der Waals surface area contributed by atoms with Gasteiger partial charge in [0.2, 0.25) is 0 Å². The van der Waals surface area contributed by atoms with Crippen molar-refractivity contribution in [3.8, 4) is 0 Å². The zero-order valence-corrected chi connectivity index (χ0v) is 20.8. The molecule has 0 unspecified atom stereocenters. The monoisotopic (exact) mass is 509 g/mol. The molecule has 186 valence electrons. The number of hydrogen-bond donors (Lipinski definition) is 3. The van der Waals surface area contributed by atoms with E-state index in [1.54, 1.807) is 6.08 Å². The van der Waals surface area contributed by atoms with Gasteiger partial charge in [-0.05, 0) is 50.9 Å². The van der Waals surface area contributed by atoms with Gasteiger partial charge in [-0.2, -0.15) is 0 Å². The lowest BCUT2D eigenvalue weighted by atomic mass is 10.0. The maximum absolute atomic E-state index is 13.6. The van der Waals surface area contributed by atoms with Crippen LogP contribution in [0.25, 0.3) is 11.6 Å². The van der Waals surface area contributed by atoms with Crippen LogP contribution in [-0.2, 0) is 11.2 Å². The number of likely N-dealkylation sites (N-methyl/N-ethyl adjacent to an activating group) is 1. The third-order valence-electron chi connectivity index (χ3n) is 6.38. The van der Waals surface area contributed by atoms with Crippen LogP contribution < -0.4 is 10.6 Å². The zero-order chi connectivity index (χ0) is 25.6. The van der Waals surface area contributed by atoms with Crippen molar-refractivity contribution in [1.82, 2.24) is 24.8 Å². The highest BCUT2D eigenvalue weighted by molar-refractivity contribution is 6.35. The molecule has 0 saturated heterocycles. The summed E-state index contributed by atoms with van der Waals surface area (Å²) in [4.78, 5) is 41.9. The Kier molecular flexibility index (Phi) is 6.23. The smallest absolute Gasteiger partial charge is 0.257 e. The first-order valence-corrected chi connectivity index (χ1v) is 11.9. The molecule has 36 heavy (non-hydrogen) atoms. The lowest BCUT2D eigenvalue weighted by molar-refractivity contribution is -0.110. The Balaban J connectivity index is 1.50. The van der Waals surface area contributed by atoms with Crippen molar-refractivity contribution < 1.29 is 14.0 Å². The Morgan fingerprint density at radius 2 is 2.06 bits per heavy atom. The summed E-state index contributed by atoms with van der Waals surface area (Å²) in [5.41, 5.74) is 4.34. The van der Waals surface area contributed by atoms with Crippen LogP contribution in [0, 0.1) is 12.7 Å². The first-order valence-electron chi connectivity index (χ1n) is 11.5. The van der Waals surface area contributed by atoms with E-state index >= 15 is 0 Å². The van der Waals surface area contributed by atoms with Crippen molar-refractivity contribution in [1.29, 1.82) is 0 Å². The molecule has 0 bridgehead atoms. The second-order valence-electron chi connectivity index (χ2n) is 9.07. The first-order chi connectivity index (χ1) is 17.2. The Morgan fingerprint density at radius 1 is 1.25 bits per heavy atom. The minimum Gasteiger partial charge on any atom is -0.358 e. The third kappa shape index (κ3) is 4.33. The number of rotatable bonds is 6. The SMILES string of the molecule is Cc1c(/C=C2\C(=O)Nc3ncnc(Nc4ccc(F)c(Cl)c4)c32)[nH]c2c1C(=O)N(CCN(C)C)CC2. The molecule has 2 aromatic heterocycles. The molecule has 0 aliphatic carbocycles. The predicted octanol–water partition coefficient (Wildman–Crippen LogP) is 3.70. The summed E-state index contributed by atoms with van der Waals surface area (Å²) < 4.78 is 13.6. The van der Waals surface area contributed by atoms with Crippen LogP contribution in [0.1, 0.15) is 32.9 Å². The van der Waals surface area contributed by atoms with Crippen LogP contribution in [0.5, 0.6) is 0 Å². The van der Waals surface area contributed by atoms with E-state index in [-0.39, 0.29) is 16.8 Å². The maximum atomic E-state index is 13.6. The Labute approximate surface area is 212 Å². The Bertz CT molecular complexity index is 1420. The van der Waals surface area contributed by atoms with E-state index in [9.17, 15) is 14.0 Å². The summed E-state index contributed by atoms with van der Waals surface area (Å²) in [5.74, 6) is -0.152. The number of nitrogens with zero attached hydrogens (tertiary/aromatic N) is 4. The highest BCUT2D eigenvalue weighted by Crippen LogP contribution is 2.38. The number of nitrogens with one attached hydrogen (secondary N) is 3. The lowest BCUT2D eigenvalue weighted by Crippen LogP contribution is -2.41. The van der Waals surface area contributed by atoms with E-state index in [0.29, 0.717) is 59.2 Å². The maximum Gasteiger partial charge on any atom is 0.257 e. The number of carbonyl (C=O) groups excluding carboxylic acids is 2. The van der Waals surface area contributed by atoms with Crippen LogP contribution >= 0.6 is 11.6 Å². The largest absolute Gasteiger partial charge is 0.358 e. The fraction of sp³-hybridized carbons (Fsp3) is 0.280. The minimum absolute atomic E-state index is 0.00773. The Morgan fingerprint density at radius 3 is 2.81 bits per heavy atom. The molecule has 0 radical (unpaired) electrons. The number of amides is 2. The van der Waals surface area contributed by atoms with Crippen LogP contribution in [-0.4, -0.2) is 70.3 Å². The van der Waals surface area contributed by atoms with Crippen LogP contribution in [0.4, 0.5) is 21.7 Å². The quantitative estimate of drug-likeness (QED) is 0.437. The van der Waals surface area contributed by atoms with Gasteiger partial charge in [-0.25, -0.2) is 14.4 Å². The lowest BCUT2D eigenvalue weighted by Gasteiger charge is -2.28. The van der Waals surface area contributed by atoms with Gasteiger partial charge in [0, 0.05) is 43.1 Å². The van der Waals surface area contributed by atoms with E-state index in [1.807, 2.05) is 30.8 Å². The topological polar surface area (TPSA) is 106 Å². The van der Waals surface area contributed by atoms with E-state index in [2.05, 4.69) is 25.6 Å². The molecule has 1 aromatic carbocycles. The van der Waals surface area contributed by atoms with Crippen molar-refractivity contribution in [2.75, 3.05) is 44.4 Å². The molecule has 0 atom stereocenters. The van der Waals surface area contributed by atoms with E-state index < -0.39 is 5.82 Å². The summed E-state index contributed by atoms with van der Waals surface area (Å²) in [6.45, 7) is 3.96. The number of aromatic nitrogens is 3. The fourth-order valence-corrected chi connectivity index (χ4v) is 4.63. The molecule has 2 aliphatic rings. The number of halogens is 2. The van der Waals surface area contributed by atoms with Gasteiger partial charge in [0.05, 0.1) is 21.7 Å². The van der Waals surface area contributed by atoms with E-state index in [1.165, 1.54) is 24.5 Å². The van der Waals surface area contributed by atoms with Crippen LogP contribution in [0.2, 0.25) is 5.02 Å². The zero-order valence-electron chi connectivity index (χ0n) is 20.1. The molecule has 5 rings (SSSR count). The van der Waals surface area contributed by atoms with Gasteiger partial charge in [-0.3, -0.25) is 9.59 Å². The average Bonchev–Trinajstić information content (AvgIpc) is 3.33. The van der Waals surface area contributed by atoms with Gasteiger partial charge in [-0.15, -0.1) is 0 Å². The number of fused-ring (bicyclic) bond motifs is 2. The van der Waals surface area contributed by atoms with Crippen molar-refractivity contribution in [3.05, 3.63) is 63.4 Å². The molecule has 2 aliphatic heterocycles. The number of anilines is 3. The molecular weight excluding hydrogens is 485 g/mol. The molecule has 0 spiro atoms. The molecule has 3 N–H and O–H groups in total. The predicted molar refractivity (Wildman–Crippen MR) is 137 cm³/mol. The van der Waals surface area contributed by atoms with Crippen molar-refractivity contribution in [2.45, 2.75) is 13.3 Å². The molecule has 0 fully saturated rings.